The first kappa shape index (κ1) is 16.0. The predicted molar refractivity (Wildman–Crippen MR) is 94.6 cm³/mol. The Kier molecular flexibility index (Phi) is 4.75. The molecule has 0 amide bonds. The third-order valence-electron chi connectivity index (χ3n) is 3.81. The Morgan fingerprint density at radius 2 is 1.88 bits per heavy atom. The number of phenols is 1. The van der Waals surface area contributed by atoms with Crippen LogP contribution in [0.1, 0.15) is 35.7 Å². The number of rotatable bonds is 5. The summed E-state index contributed by atoms with van der Waals surface area (Å²) < 4.78 is 5.63. The van der Waals surface area contributed by atoms with E-state index in [0.29, 0.717) is 23.4 Å². The number of benzene rings is 2. The zero-order valence-corrected chi connectivity index (χ0v) is 13.5. The molecule has 0 unspecified atom stereocenters. The maximum Gasteiger partial charge on any atom is 0.186 e. The molecule has 0 saturated carbocycles. The average molecular weight is 321 g/mol. The van der Waals surface area contributed by atoms with E-state index in [0.717, 1.165) is 24.3 Å². The monoisotopic (exact) mass is 321 g/mol. The number of aliphatic imine (C=N–C) groups is 1. The molecular weight excluding hydrogens is 302 g/mol. The van der Waals surface area contributed by atoms with Crippen molar-refractivity contribution in [3.63, 3.8) is 0 Å². The standard InChI is InChI=1S/C20H19NO3/c1-2-3-13-24-15-9-7-14(8-10-15)21-17-11-12-18(22)16-5-4-6-19(23)20(16)17/h4-12,23H,2-3,13H2,1H3. The quantitative estimate of drug-likeness (QED) is 0.828. The molecule has 0 bridgehead atoms. The molecule has 0 aromatic heterocycles. The molecule has 3 rings (SSSR count). The molecule has 4 nitrogen and oxygen atoms in total. The second-order valence-electron chi connectivity index (χ2n) is 5.59. The van der Waals surface area contributed by atoms with Gasteiger partial charge in [0.05, 0.1) is 23.6 Å². The van der Waals surface area contributed by atoms with Gasteiger partial charge in [0, 0.05) is 5.56 Å². The molecule has 4 heteroatoms. The van der Waals surface area contributed by atoms with Gasteiger partial charge in [-0.3, -0.25) is 4.79 Å². The van der Waals surface area contributed by atoms with Crippen LogP contribution in [-0.2, 0) is 0 Å². The van der Waals surface area contributed by atoms with E-state index in [-0.39, 0.29) is 11.5 Å². The summed E-state index contributed by atoms with van der Waals surface area (Å²) in [6, 6.07) is 12.4. The van der Waals surface area contributed by atoms with E-state index < -0.39 is 0 Å². The minimum atomic E-state index is -0.125. The van der Waals surface area contributed by atoms with Crippen molar-refractivity contribution in [1.29, 1.82) is 0 Å². The summed E-state index contributed by atoms with van der Waals surface area (Å²) >= 11 is 0. The molecule has 24 heavy (non-hydrogen) atoms. The Hall–Kier alpha value is -2.88. The van der Waals surface area contributed by atoms with Gasteiger partial charge in [-0.15, -0.1) is 0 Å². The lowest BCUT2D eigenvalue weighted by molar-refractivity contribution is 0.104. The summed E-state index contributed by atoms with van der Waals surface area (Å²) in [5, 5.41) is 10.1. The fourth-order valence-corrected chi connectivity index (χ4v) is 2.53. The lowest BCUT2D eigenvalue weighted by Gasteiger charge is -2.13. The summed E-state index contributed by atoms with van der Waals surface area (Å²) in [6.07, 6.45) is 5.23. The summed E-state index contributed by atoms with van der Waals surface area (Å²) in [5.74, 6) is 0.744. The van der Waals surface area contributed by atoms with E-state index in [9.17, 15) is 9.90 Å². The number of phenolic OH excluding ortho intramolecular Hbond substituents is 1. The van der Waals surface area contributed by atoms with Gasteiger partial charge in [0.15, 0.2) is 5.78 Å². The number of nitrogens with zero attached hydrogens (tertiary/aromatic N) is 1. The molecule has 0 heterocycles. The van der Waals surface area contributed by atoms with Crippen LogP contribution in [0.3, 0.4) is 0 Å². The lowest BCUT2D eigenvalue weighted by Crippen LogP contribution is -2.12. The fraction of sp³-hybridized carbons (Fsp3) is 0.200. The highest BCUT2D eigenvalue weighted by Gasteiger charge is 2.20. The predicted octanol–water partition coefficient (Wildman–Crippen LogP) is 4.44. The van der Waals surface area contributed by atoms with Crippen molar-refractivity contribution in [1.82, 2.24) is 0 Å². The summed E-state index contributed by atoms with van der Waals surface area (Å²) in [7, 11) is 0. The number of carbonyl (C=O) groups is 1. The van der Waals surface area contributed by atoms with Crippen LogP contribution < -0.4 is 4.74 Å². The van der Waals surface area contributed by atoms with Gasteiger partial charge in [-0.25, -0.2) is 4.99 Å². The Morgan fingerprint density at radius 3 is 2.62 bits per heavy atom. The molecule has 2 aromatic carbocycles. The van der Waals surface area contributed by atoms with Gasteiger partial charge in [-0.05, 0) is 48.9 Å². The number of fused-ring (bicyclic) bond motifs is 1. The maximum atomic E-state index is 11.9. The first-order valence-electron chi connectivity index (χ1n) is 8.05. The molecule has 122 valence electrons. The van der Waals surface area contributed by atoms with Gasteiger partial charge in [-0.2, -0.15) is 0 Å². The molecule has 2 aromatic rings. The zero-order valence-electron chi connectivity index (χ0n) is 13.5. The first-order valence-corrected chi connectivity index (χ1v) is 8.05. The Bertz CT molecular complexity index is 804. The first-order chi connectivity index (χ1) is 11.7. The van der Waals surface area contributed by atoms with Crippen molar-refractivity contribution >= 4 is 17.2 Å². The molecule has 1 N–H and O–H groups in total. The summed E-state index contributed by atoms with van der Waals surface area (Å²) in [5.41, 5.74) is 2.26. The van der Waals surface area contributed by atoms with Crippen LogP contribution in [0, 0.1) is 0 Å². The van der Waals surface area contributed by atoms with Gasteiger partial charge >= 0.3 is 0 Å². The van der Waals surface area contributed by atoms with E-state index in [1.54, 1.807) is 24.3 Å². The van der Waals surface area contributed by atoms with Gasteiger partial charge in [-0.1, -0.05) is 25.5 Å². The van der Waals surface area contributed by atoms with E-state index in [4.69, 9.17) is 4.74 Å². The number of hydrogen-bond donors (Lipinski definition) is 1. The van der Waals surface area contributed by atoms with Crippen LogP contribution in [0.2, 0.25) is 0 Å². The number of ketones is 1. The largest absolute Gasteiger partial charge is 0.507 e. The molecule has 1 aliphatic rings. The van der Waals surface area contributed by atoms with E-state index in [1.807, 2.05) is 24.3 Å². The van der Waals surface area contributed by atoms with Crippen molar-refractivity contribution < 1.29 is 14.6 Å². The fourth-order valence-electron chi connectivity index (χ4n) is 2.53. The van der Waals surface area contributed by atoms with Crippen LogP contribution >= 0.6 is 0 Å². The minimum absolute atomic E-state index is 0.0588. The van der Waals surface area contributed by atoms with Crippen LogP contribution in [0.4, 0.5) is 5.69 Å². The third-order valence-corrected chi connectivity index (χ3v) is 3.81. The van der Waals surface area contributed by atoms with Crippen molar-refractivity contribution in [2.24, 2.45) is 4.99 Å². The maximum absolute atomic E-state index is 11.9. The molecule has 0 spiro atoms. The van der Waals surface area contributed by atoms with Crippen LogP contribution in [0.15, 0.2) is 59.6 Å². The Balaban J connectivity index is 1.87. The van der Waals surface area contributed by atoms with Crippen LogP contribution in [0.25, 0.3) is 0 Å². The van der Waals surface area contributed by atoms with Crippen molar-refractivity contribution in [2.45, 2.75) is 19.8 Å². The van der Waals surface area contributed by atoms with Crippen molar-refractivity contribution in [2.75, 3.05) is 6.61 Å². The molecule has 0 atom stereocenters. The topological polar surface area (TPSA) is 58.9 Å². The summed E-state index contributed by atoms with van der Waals surface area (Å²) in [4.78, 5) is 16.5. The highest BCUT2D eigenvalue weighted by Crippen LogP contribution is 2.28. The average Bonchev–Trinajstić information content (AvgIpc) is 2.59. The number of carbonyl (C=O) groups excluding carboxylic acids is 1. The highest BCUT2D eigenvalue weighted by atomic mass is 16.5. The smallest absolute Gasteiger partial charge is 0.186 e. The van der Waals surface area contributed by atoms with Crippen LogP contribution in [0.5, 0.6) is 11.5 Å². The van der Waals surface area contributed by atoms with Crippen molar-refractivity contribution in [3.05, 3.63) is 65.7 Å². The Labute approximate surface area is 141 Å². The second kappa shape index (κ2) is 7.13. The third kappa shape index (κ3) is 3.38. The molecule has 0 aliphatic heterocycles. The van der Waals surface area contributed by atoms with Gasteiger partial charge < -0.3 is 9.84 Å². The minimum Gasteiger partial charge on any atom is -0.507 e. The van der Waals surface area contributed by atoms with E-state index in [2.05, 4.69) is 11.9 Å². The lowest BCUT2D eigenvalue weighted by atomic mass is 9.93. The number of allylic oxidation sites excluding steroid dienone is 2. The number of aromatic hydroxyl groups is 1. The summed E-state index contributed by atoms with van der Waals surface area (Å²) in [6.45, 7) is 2.83. The molecule has 0 saturated heterocycles. The van der Waals surface area contributed by atoms with E-state index in [1.165, 1.54) is 6.08 Å². The normalized spacial score (nSPS) is 14.7. The van der Waals surface area contributed by atoms with Gasteiger partial charge in [0.25, 0.3) is 0 Å². The van der Waals surface area contributed by atoms with Gasteiger partial charge in [0.2, 0.25) is 0 Å². The Morgan fingerprint density at radius 1 is 1.08 bits per heavy atom. The SMILES string of the molecule is CCCCOc1ccc(N=C2C=CC(=O)c3cccc(O)c32)cc1. The molecule has 0 fully saturated rings. The second-order valence-corrected chi connectivity index (χ2v) is 5.59. The van der Waals surface area contributed by atoms with E-state index >= 15 is 0 Å². The molecule has 1 aliphatic carbocycles. The molecule has 0 radical (unpaired) electrons. The zero-order chi connectivity index (χ0) is 16.9. The van der Waals surface area contributed by atoms with Crippen LogP contribution in [-0.4, -0.2) is 23.2 Å². The number of hydrogen-bond acceptors (Lipinski definition) is 4. The molecular formula is C20H19NO3. The highest BCUT2D eigenvalue weighted by molar-refractivity contribution is 6.25. The van der Waals surface area contributed by atoms with Crippen molar-refractivity contribution in [3.8, 4) is 11.5 Å². The van der Waals surface area contributed by atoms with Gasteiger partial charge in [0.1, 0.15) is 11.5 Å². The number of ether oxygens (including phenoxy) is 1. The number of unbranched alkanes of at least 4 members (excludes halogenated alkanes) is 1.